The maximum atomic E-state index is 13.0. The van der Waals surface area contributed by atoms with Crippen LogP contribution in [0.15, 0.2) is 53.4 Å². The average molecular weight is 473 g/mol. The van der Waals surface area contributed by atoms with Crippen LogP contribution in [0.4, 0.5) is 5.69 Å². The number of piperazine rings is 1. The van der Waals surface area contributed by atoms with Crippen molar-refractivity contribution in [3.8, 4) is 5.75 Å². The molecule has 0 atom stereocenters. The first-order chi connectivity index (χ1) is 15.8. The molecule has 0 spiro atoms. The Balaban J connectivity index is 1.36. The lowest BCUT2D eigenvalue weighted by molar-refractivity contribution is -0.122. The van der Waals surface area contributed by atoms with Gasteiger partial charge in [-0.05, 0) is 55.3 Å². The Labute approximate surface area is 193 Å². The number of rotatable bonds is 8. The molecule has 33 heavy (non-hydrogen) atoms. The van der Waals surface area contributed by atoms with Crippen LogP contribution in [0, 0.1) is 0 Å². The van der Waals surface area contributed by atoms with Crippen molar-refractivity contribution in [1.82, 2.24) is 15.1 Å². The van der Waals surface area contributed by atoms with Crippen molar-refractivity contribution in [3.63, 3.8) is 0 Å². The van der Waals surface area contributed by atoms with Crippen molar-refractivity contribution in [2.24, 2.45) is 0 Å². The van der Waals surface area contributed by atoms with E-state index in [0.29, 0.717) is 55.8 Å². The summed E-state index contributed by atoms with van der Waals surface area (Å²) in [5, 5.41) is 2.97. The average Bonchev–Trinajstić information content (AvgIpc) is 3.63. The molecule has 9 nitrogen and oxygen atoms in total. The summed E-state index contributed by atoms with van der Waals surface area (Å²) >= 11 is 0. The van der Waals surface area contributed by atoms with E-state index in [-0.39, 0.29) is 16.7 Å². The number of benzene rings is 2. The number of nitrogens with one attached hydrogen (secondary N) is 2. The van der Waals surface area contributed by atoms with Gasteiger partial charge < -0.3 is 15.0 Å². The molecule has 0 aromatic heterocycles. The van der Waals surface area contributed by atoms with Crippen LogP contribution in [-0.2, 0) is 14.8 Å². The van der Waals surface area contributed by atoms with E-state index in [4.69, 9.17) is 4.74 Å². The summed E-state index contributed by atoms with van der Waals surface area (Å²) in [5.41, 5.74) is 0.710. The summed E-state index contributed by atoms with van der Waals surface area (Å²) in [6, 6.07) is 12.9. The highest BCUT2D eigenvalue weighted by Gasteiger charge is 2.27. The molecule has 2 amide bonds. The van der Waals surface area contributed by atoms with Gasteiger partial charge in [0, 0.05) is 43.5 Å². The van der Waals surface area contributed by atoms with Crippen LogP contribution >= 0.6 is 0 Å². The predicted molar refractivity (Wildman–Crippen MR) is 124 cm³/mol. The van der Waals surface area contributed by atoms with Crippen LogP contribution in [0.1, 0.15) is 23.2 Å². The van der Waals surface area contributed by atoms with Gasteiger partial charge in [-0.2, -0.15) is 0 Å². The third kappa shape index (κ3) is 6.02. The van der Waals surface area contributed by atoms with Crippen molar-refractivity contribution in [1.29, 1.82) is 0 Å². The minimum Gasteiger partial charge on any atom is -0.497 e. The Morgan fingerprint density at radius 3 is 2.36 bits per heavy atom. The summed E-state index contributed by atoms with van der Waals surface area (Å²) in [4.78, 5) is 28.7. The molecule has 0 unspecified atom stereocenters. The van der Waals surface area contributed by atoms with Gasteiger partial charge in [-0.15, -0.1) is 0 Å². The summed E-state index contributed by atoms with van der Waals surface area (Å²) in [7, 11) is -2.33. The fourth-order valence-corrected chi connectivity index (χ4v) is 4.77. The van der Waals surface area contributed by atoms with Crippen LogP contribution in [0.5, 0.6) is 5.75 Å². The second kappa shape index (κ2) is 9.80. The lowest BCUT2D eigenvalue weighted by atomic mass is 10.2. The third-order valence-corrected chi connectivity index (χ3v) is 7.08. The highest BCUT2D eigenvalue weighted by atomic mass is 32.2. The van der Waals surface area contributed by atoms with Gasteiger partial charge in [0.1, 0.15) is 5.75 Å². The summed E-state index contributed by atoms with van der Waals surface area (Å²) in [6.07, 6.45) is 2.11. The van der Waals surface area contributed by atoms with Crippen LogP contribution in [0.3, 0.4) is 0 Å². The lowest BCUT2D eigenvalue weighted by Crippen LogP contribution is -2.51. The Morgan fingerprint density at radius 1 is 1.03 bits per heavy atom. The number of hydrogen-bond acceptors (Lipinski definition) is 6. The minimum absolute atomic E-state index is 0.0135. The third-order valence-electron chi connectivity index (χ3n) is 5.70. The Morgan fingerprint density at radius 2 is 1.73 bits per heavy atom. The molecule has 0 radical (unpaired) electrons. The van der Waals surface area contributed by atoms with Gasteiger partial charge in [-0.1, -0.05) is 6.07 Å². The van der Waals surface area contributed by atoms with Crippen molar-refractivity contribution >= 4 is 27.5 Å². The zero-order valence-corrected chi connectivity index (χ0v) is 19.3. The summed E-state index contributed by atoms with van der Waals surface area (Å²) < 4.78 is 33.2. The second-order valence-electron chi connectivity index (χ2n) is 8.27. The van der Waals surface area contributed by atoms with E-state index < -0.39 is 10.0 Å². The first-order valence-electron chi connectivity index (χ1n) is 10.9. The zero-order chi connectivity index (χ0) is 23.4. The van der Waals surface area contributed by atoms with Gasteiger partial charge in [0.25, 0.3) is 15.9 Å². The number of sulfonamides is 1. The van der Waals surface area contributed by atoms with Gasteiger partial charge in [-0.25, -0.2) is 8.42 Å². The molecule has 2 aromatic rings. The standard InChI is InChI=1S/C23H28N4O5S/c1-32-20-9-7-19(8-10-20)25-33(30,31)21-4-2-3-17(15-21)23(29)27-13-11-26(12-14-27)16-22(28)24-18-5-6-18/h2-4,7-10,15,18,25H,5-6,11-14,16H2,1H3,(H,24,28). The highest BCUT2D eigenvalue weighted by molar-refractivity contribution is 7.92. The van der Waals surface area contributed by atoms with Gasteiger partial charge >= 0.3 is 0 Å². The molecule has 176 valence electrons. The Kier molecular flexibility index (Phi) is 6.85. The summed E-state index contributed by atoms with van der Waals surface area (Å²) in [5.74, 6) is 0.423. The fourth-order valence-electron chi connectivity index (χ4n) is 3.67. The first kappa shape index (κ1) is 23.1. The molecule has 1 saturated carbocycles. The van der Waals surface area contributed by atoms with E-state index >= 15 is 0 Å². The van der Waals surface area contributed by atoms with E-state index in [1.807, 2.05) is 4.90 Å². The minimum atomic E-state index is -3.86. The highest BCUT2D eigenvalue weighted by Crippen LogP contribution is 2.21. The number of nitrogens with zero attached hydrogens (tertiary/aromatic N) is 2. The van der Waals surface area contributed by atoms with Crippen LogP contribution in [-0.4, -0.2) is 75.9 Å². The molecule has 10 heteroatoms. The molecule has 1 aliphatic heterocycles. The zero-order valence-electron chi connectivity index (χ0n) is 18.5. The molecule has 1 saturated heterocycles. The SMILES string of the molecule is COc1ccc(NS(=O)(=O)c2cccc(C(=O)N3CCN(CC(=O)NC4CC4)CC3)c2)cc1. The molecule has 2 N–H and O–H groups in total. The maximum absolute atomic E-state index is 13.0. The number of ether oxygens (including phenoxy) is 1. The summed E-state index contributed by atoms with van der Waals surface area (Å²) in [6.45, 7) is 2.50. The molecule has 2 fully saturated rings. The van der Waals surface area contributed by atoms with Crippen molar-refractivity contribution in [3.05, 3.63) is 54.1 Å². The monoisotopic (exact) mass is 472 g/mol. The number of anilines is 1. The molecule has 2 aliphatic rings. The van der Waals surface area contributed by atoms with Crippen molar-refractivity contribution in [2.45, 2.75) is 23.8 Å². The van der Waals surface area contributed by atoms with Crippen LogP contribution in [0.2, 0.25) is 0 Å². The Bertz CT molecular complexity index is 1110. The van der Waals surface area contributed by atoms with E-state index in [1.54, 1.807) is 41.3 Å². The molecule has 4 rings (SSSR count). The van der Waals surface area contributed by atoms with Crippen molar-refractivity contribution in [2.75, 3.05) is 44.6 Å². The molecule has 2 aromatic carbocycles. The van der Waals surface area contributed by atoms with Crippen LogP contribution in [0.25, 0.3) is 0 Å². The number of carbonyl (C=O) groups is 2. The maximum Gasteiger partial charge on any atom is 0.261 e. The molecule has 1 heterocycles. The topological polar surface area (TPSA) is 108 Å². The number of amides is 2. The Hall–Kier alpha value is -3.11. The second-order valence-corrected chi connectivity index (χ2v) is 9.95. The van der Waals surface area contributed by atoms with E-state index in [0.717, 1.165) is 12.8 Å². The molecule has 1 aliphatic carbocycles. The predicted octanol–water partition coefficient (Wildman–Crippen LogP) is 1.53. The van der Waals surface area contributed by atoms with Crippen LogP contribution < -0.4 is 14.8 Å². The van der Waals surface area contributed by atoms with Crippen molar-refractivity contribution < 1.29 is 22.7 Å². The molecular weight excluding hydrogens is 444 g/mol. The fraction of sp³-hybridized carbons (Fsp3) is 0.391. The molecular formula is C23H28N4O5S. The van der Waals surface area contributed by atoms with Gasteiger partial charge in [-0.3, -0.25) is 19.2 Å². The normalized spacial score (nSPS) is 16.8. The number of hydrogen-bond donors (Lipinski definition) is 2. The van der Waals surface area contributed by atoms with Gasteiger partial charge in [0.15, 0.2) is 0 Å². The smallest absolute Gasteiger partial charge is 0.261 e. The number of methoxy groups -OCH3 is 1. The largest absolute Gasteiger partial charge is 0.497 e. The first-order valence-corrected chi connectivity index (χ1v) is 12.4. The van der Waals surface area contributed by atoms with E-state index in [9.17, 15) is 18.0 Å². The lowest BCUT2D eigenvalue weighted by Gasteiger charge is -2.34. The van der Waals surface area contributed by atoms with E-state index in [2.05, 4.69) is 10.0 Å². The van der Waals surface area contributed by atoms with Gasteiger partial charge in [0.05, 0.1) is 18.6 Å². The number of carbonyl (C=O) groups excluding carboxylic acids is 2. The van der Waals surface area contributed by atoms with Gasteiger partial charge in [0.2, 0.25) is 5.91 Å². The molecule has 0 bridgehead atoms. The van der Waals surface area contributed by atoms with E-state index in [1.165, 1.54) is 19.2 Å². The quantitative estimate of drug-likeness (QED) is 0.603.